The van der Waals surface area contributed by atoms with E-state index in [0.717, 1.165) is 0 Å². The number of ether oxygens (including phenoxy) is 1. The van der Waals surface area contributed by atoms with Crippen LogP contribution in [0.25, 0.3) is 0 Å². The zero-order valence-corrected chi connectivity index (χ0v) is 13.7. The second-order valence-corrected chi connectivity index (χ2v) is 5.13. The number of para-hydroxylation sites is 1. The van der Waals surface area contributed by atoms with Crippen LogP contribution in [0.2, 0.25) is 0 Å². The Morgan fingerprint density at radius 3 is 2.56 bits per heavy atom. The van der Waals surface area contributed by atoms with Gasteiger partial charge in [-0.05, 0) is 30.3 Å². The van der Waals surface area contributed by atoms with Gasteiger partial charge in [0.05, 0.1) is 13.3 Å². The van der Waals surface area contributed by atoms with Crippen LogP contribution < -0.4 is 15.5 Å². The minimum absolute atomic E-state index is 0.0000990. The molecule has 0 fully saturated rings. The molecule has 0 spiro atoms. The quantitative estimate of drug-likeness (QED) is 0.531. The van der Waals surface area contributed by atoms with Crippen molar-refractivity contribution in [2.45, 2.75) is 12.8 Å². The van der Waals surface area contributed by atoms with E-state index in [4.69, 9.17) is 4.74 Å². The number of phenols is 1. The van der Waals surface area contributed by atoms with E-state index in [0.29, 0.717) is 17.0 Å². The third-order valence-electron chi connectivity index (χ3n) is 3.26. The van der Waals surface area contributed by atoms with Gasteiger partial charge >= 0.3 is 0 Å². The summed E-state index contributed by atoms with van der Waals surface area (Å²) in [6.45, 7) is 0. The number of carbonyl (C=O) groups excluding carboxylic acids is 2. The van der Waals surface area contributed by atoms with Crippen molar-refractivity contribution in [2.75, 3.05) is 12.4 Å². The molecular formula is C18H19N3O4. The Bertz CT molecular complexity index is 760. The van der Waals surface area contributed by atoms with Gasteiger partial charge in [0.25, 0.3) is 0 Å². The third-order valence-corrected chi connectivity index (χ3v) is 3.26. The molecule has 0 unspecified atom stereocenters. The summed E-state index contributed by atoms with van der Waals surface area (Å²) in [6, 6.07) is 13.7. The molecule has 0 atom stereocenters. The molecule has 3 N–H and O–H groups in total. The van der Waals surface area contributed by atoms with Gasteiger partial charge in [-0.25, -0.2) is 5.43 Å². The van der Waals surface area contributed by atoms with E-state index in [9.17, 15) is 14.7 Å². The van der Waals surface area contributed by atoms with Crippen molar-refractivity contribution in [3.8, 4) is 11.5 Å². The lowest BCUT2D eigenvalue weighted by atomic mass is 10.2. The molecule has 25 heavy (non-hydrogen) atoms. The number of methoxy groups -OCH3 is 1. The maximum atomic E-state index is 11.8. The van der Waals surface area contributed by atoms with Gasteiger partial charge in [0.2, 0.25) is 11.8 Å². The number of rotatable bonds is 7. The Morgan fingerprint density at radius 1 is 1.12 bits per heavy atom. The SMILES string of the molecule is COc1ccc(O)c(/C=N/NC(=O)CCC(=O)Nc2ccccc2)c1. The summed E-state index contributed by atoms with van der Waals surface area (Å²) in [6.07, 6.45) is 1.35. The molecule has 0 aliphatic carbocycles. The molecule has 0 radical (unpaired) electrons. The Balaban J connectivity index is 1.78. The van der Waals surface area contributed by atoms with Crippen LogP contribution in [0.4, 0.5) is 5.69 Å². The number of anilines is 1. The second kappa shape index (κ2) is 9.07. The van der Waals surface area contributed by atoms with Gasteiger partial charge in [-0.3, -0.25) is 9.59 Å². The fourth-order valence-electron chi connectivity index (χ4n) is 1.96. The Kier molecular flexibility index (Phi) is 6.53. The second-order valence-electron chi connectivity index (χ2n) is 5.13. The van der Waals surface area contributed by atoms with E-state index in [2.05, 4.69) is 15.8 Å². The van der Waals surface area contributed by atoms with Gasteiger partial charge in [-0.2, -0.15) is 5.10 Å². The molecule has 0 aromatic heterocycles. The van der Waals surface area contributed by atoms with Gasteiger partial charge < -0.3 is 15.2 Å². The predicted octanol–water partition coefficient (Wildman–Crippen LogP) is 2.27. The fraction of sp³-hybridized carbons (Fsp3) is 0.167. The number of hydrogen-bond acceptors (Lipinski definition) is 5. The Morgan fingerprint density at radius 2 is 1.84 bits per heavy atom. The topological polar surface area (TPSA) is 100 Å². The van der Waals surface area contributed by atoms with E-state index >= 15 is 0 Å². The maximum Gasteiger partial charge on any atom is 0.240 e. The van der Waals surface area contributed by atoms with E-state index < -0.39 is 5.91 Å². The lowest BCUT2D eigenvalue weighted by Gasteiger charge is -2.04. The summed E-state index contributed by atoms with van der Waals surface area (Å²) in [4.78, 5) is 23.5. The minimum atomic E-state index is -0.401. The van der Waals surface area contributed by atoms with Crippen LogP contribution in [0.1, 0.15) is 18.4 Å². The number of carbonyl (C=O) groups is 2. The van der Waals surface area contributed by atoms with Crippen LogP contribution in [0.15, 0.2) is 53.6 Å². The highest BCUT2D eigenvalue weighted by Gasteiger charge is 2.07. The Labute approximate surface area is 145 Å². The van der Waals surface area contributed by atoms with Crippen molar-refractivity contribution in [3.05, 3.63) is 54.1 Å². The number of aromatic hydroxyl groups is 1. The molecule has 0 aliphatic rings. The van der Waals surface area contributed by atoms with Crippen molar-refractivity contribution in [1.29, 1.82) is 0 Å². The summed E-state index contributed by atoms with van der Waals surface area (Å²) in [7, 11) is 1.51. The highest BCUT2D eigenvalue weighted by molar-refractivity contribution is 5.93. The first-order chi connectivity index (χ1) is 12.1. The minimum Gasteiger partial charge on any atom is -0.507 e. The van der Waals surface area contributed by atoms with E-state index in [1.807, 2.05) is 18.2 Å². The molecule has 7 nitrogen and oxygen atoms in total. The fourth-order valence-corrected chi connectivity index (χ4v) is 1.96. The third kappa shape index (κ3) is 5.98. The molecule has 0 saturated carbocycles. The van der Waals surface area contributed by atoms with Crippen molar-refractivity contribution in [3.63, 3.8) is 0 Å². The number of nitrogens with one attached hydrogen (secondary N) is 2. The number of hydrogen-bond donors (Lipinski definition) is 3. The summed E-state index contributed by atoms with van der Waals surface area (Å²) < 4.78 is 5.05. The van der Waals surface area contributed by atoms with Gasteiger partial charge in [-0.15, -0.1) is 0 Å². The molecule has 7 heteroatoms. The van der Waals surface area contributed by atoms with Crippen LogP contribution in [0, 0.1) is 0 Å². The first kappa shape index (κ1) is 18.0. The lowest BCUT2D eigenvalue weighted by molar-refractivity contribution is -0.124. The molecule has 0 bridgehead atoms. The number of amides is 2. The summed E-state index contributed by atoms with van der Waals surface area (Å²) in [5.41, 5.74) is 3.40. The summed E-state index contributed by atoms with van der Waals surface area (Å²) in [5.74, 6) is -0.0817. The average molecular weight is 341 g/mol. The molecule has 0 saturated heterocycles. The van der Waals surface area contributed by atoms with Crippen molar-refractivity contribution >= 4 is 23.7 Å². The monoisotopic (exact) mass is 341 g/mol. The molecule has 130 valence electrons. The molecule has 2 aromatic rings. The van der Waals surface area contributed by atoms with Gasteiger partial charge in [0.1, 0.15) is 11.5 Å². The number of hydrazone groups is 1. The first-order valence-corrected chi connectivity index (χ1v) is 7.62. The van der Waals surface area contributed by atoms with Crippen molar-refractivity contribution in [2.24, 2.45) is 5.10 Å². The van der Waals surface area contributed by atoms with Gasteiger partial charge in [0.15, 0.2) is 0 Å². The molecular weight excluding hydrogens is 322 g/mol. The zero-order valence-electron chi connectivity index (χ0n) is 13.7. The molecule has 0 heterocycles. The largest absolute Gasteiger partial charge is 0.507 e. The highest BCUT2D eigenvalue weighted by atomic mass is 16.5. The van der Waals surface area contributed by atoms with Crippen LogP contribution in [-0.4, -0.2) is 30.2 Å². The van der Waals surface area contributed by atoms with Crippen LogP contribution in [0.3, 0.4) is 0 Å². The average Bonchev–Trinajstić information content (AvgIpc) is 2.62. The number of nitrogens with zero attached hydrogens (tertiary/aromatic N) is 1. The molecule has 2 amide bonds. The van der Waals surface area contributed by atoms with Crippen LogP contribution >= 0.6 is 0 Å². The smallest absolute Gasteiger partial charge is 0.240 e. The first-order valence-electron chi connectivity index (χ1n) is 7.62. The molecule has 2 aromatic carbocycles. The molecule has 2 rings (SSSR count). The van der Waals surface area contributed by atoms with E-state index in [-0.39, 0.29) is 24.5 Å². The van der Waals surface area contributed by atoms with Crippen LogP contribution in [0.5, 0.6) is 11.5 Å². The summed E-state index contributed by atoms with van der Waals surface area (Å²) in [5, 5.41) is 16.2. The number of benzene rings is 2. The lowest BCUT2D eigenvalue weighted by Crippen LogP contribution is -2.20. The van der Waals surface area contributed by atoms with Crippen molar-refractivity contribution in [1.82, 2.24) is 5.43 Å². The van der Waals surface area contributed by atoms with E-state index in [1.165, 1.54) is 19.4 Å². The molecule has 0 aliphatic heterocycles. The van der Waals surface area contributed by atoms with Gasteiger partial charge in [0, 0.05) is 24.1 Å². The van der Waals surface area contributed by atoms with E-state index in [1.54, 1.807) is 24.3 Å². The van der Waals surface area contributed by atoms with Crippen molar-refractivity contribution < 1.29 is 19.4 Å². The zero-order chi connectivity index (χ0) is 18.1. The Hall–Kier alpha value is -3.35. The normalized spacial score (nSPS) is 10.4. The van der Waals surface area contributed by atoms with Crippen LogP contribution in [-0.2, 0) is 9.59 Å². The van der Waals surface area contributed by atoms with Gasteiger partial charge in [-0.1, -0.05) is 18.2 Å². The number of phenolic OH excluding ortho intramolecular Hbond substituents is 1. The standard InChI is InChI=1S/C18H19N3O4/c1-25-15-7-8-16(22)13(11-15)12-19-21-18(24)10-9-17(23)20-14-5-3-2-4-6-14/h2-8,11-12,22H,9-10H2,1H3,(H,20,23)(H,21,24)/b19-12+. The summed E-state index contributed by atoms with van der Waals surface area (Å²) >= 11 is 0. The predicted molar refractivity (Wildman–Crippen MR) is 94.7 cm³/mol. The maximum absolute atomic E-state index is 11.8. The highest BCUT2D eigenvalue weighted by Crippen LogP contribution is 2.20.